The van der Waals surface area contributed by atoms with Crippen molar-refractivity contribution in [2.45, 2.75) is 64.3 Å². The quantitative estimate of drug-likeness (QED) is 0.767. The Bertz CT molecular complexity index is 658. The van der Waals surface area contributed by atoms with Crippen molar-refractivity contribution < 1.29 is 4.79 Å². The van der Waals surface area contributed by atoms with Gasteiger partial charge in [0.15, 0.2) is 0 Å². The van der Waals surface area contributed by atoms with Crippen molar-refractivity contribution in [1.29, 1.82) is 0 Å². The third-order valence-corrected chi connectivity index (χ3v) is 4.50. The topological polar surface area (TPSA) is 69.8 Å². The van der Waals surface area contributed by atoms with Crippen LogP contribution in [0.25, 0.3) is 11.0 Å². The highest BCUT2D eigenvalue weighted by molar-refractivity contribution is 5.92. The lowest BCUT2D eigenvalue weighted by atomic mass is 9.96. The van der Waals surface area contributed by atoms with Gasteiger partial charge in [0.1, 0.15) is 5.82 Å². The summed E-state index contributed by atoms with van der Waals surface area (Å²) in [7, 11) is 0. The Labute approximate surface area is 137 Å². The van der Waals surface area contributed by atoms with E-state index in [0.717, 1.165) is 54.6 Å². The Morgan fingerprint density at radius 3 is 2.91 bits per heavy atom. The molecule has 1 aromatic heterocycles. The average Bonchev–Trinajstić information content (AvgIpc) is 2.96. The van der Waals surface area contributed by atoms with Crippen molar-refractivity contribution in [3.8, 4) is 0 Å². The Morgan fingerprint density at radius 2 is 2.13 bits per heavy atom. The summed E-state index contributed by atoms with van der Waals surface area (Å²) in [5.74, 6) is 1.02. The number of carbonyl (C=O) groups is 1. The van der Waals surface area contributed by atoms with Gasteiger partial charge >= 0.3 is 6.03 Å². The van der Waals surface area contributed by atoms with E-state index in [1.807, 2.05) is 18.2 Å². The Kier molecular flexibility index (Phi) is 5.16. The lowest BCUT2D eigenvalue weighted by molar-refractivity contribution is 0.244. The van der Waals surface area contributed by atoms with Crippen molar-refractivity contribution in [3.63, 3.8) is 0 Å². The Morgan fingerprint density at radius 1 is 1.30 bits per heavy atom. The van der Waals surface area contributed by atoms with Crippen LogP contribution in [0.1, 0.15) is 57.7 Å². The van der Waals surface area contributed by atoms with Crippen LogP contribution >= 0.6 is 0 Å². The van der Waals surface area contributed by atoms with Crippen LogP contribution in [0.3, 0.4) is 0 Å². The molecule has 2 aromatic rings. The predicted molar refractivity (Wildman–Crippen MR) is 93.7 cm³/mol. The second kappa shape index (κ2) is 7.49. The van der Waals surface area contributed by atoms with Crippen molar-refractivity contribution in [2.75, 3.05) is 5.32 Å². The number of urea groups is 1. The molecule has 3 rings (SSSR count). The number of rotatable bonds is 5. The molecule has 5 heteroatoms. The lowest BCUT2D eigenvalue weighted by Gasteiger charge is -2.22. The number of nitrogens with one attached hydrogen (secondary N) is 3. The number of aromatic amines is 1. The van der Waals surface area contributed by atoms with Crippen LogP contribution in [0, 0.1) is 0 Å². The van der Waals surface area contributed by atoms with E-state index in [1.165, 1.54) is 19.3 Å². The number of anilines is 1. The van der Waals surface area contributed by atoms with Crippen molar-refractivity contribution in [3.05, 3.63) is 24.0 Å². The summed E-state index contributed by atoms with van der Waals surface area (Å²) in [6.07, 6.45) is 9.16. The normalized spacial score (nSPS) is 15.7. The van der Waals surface area contributed by atoms with Gasteiger partial charge in [0.25, 0.3) is 0 Å². The first-order valence-electron chi connectivity index (χ1n) is 8.81. The molecule has 0 aliphatic heterocycles. The highest BCUT2D eigenvalue weighted by Crippen LogP contribution is 2.19. The SMILES string of the molecule is CCCCc1nc2ccc(NC(=O)NC3CCCCC3)cc2[nH]1. The monoisotopic (exact) mass is 314 g/mol. The Balaban J connectivity index is 1.61. The van der Waals surface area contributed by atoms with Gasteiger partial charge in [0.2, 0.25) is 0 Å². The van der Waals surface area contributed by atoms with E-state index < -0.39 is 0 Å². The number of H-pyrrole nitrogens is 1. The molecule has 1 aromatic carbocycles. The molecular weight excluding hydrogens is 288 g/mol. The minimum Gasteiger partial charge on any atom is -0.342 e. The third kappa shape index (κ3) is 4.24. The molecule has 1 aliphatic carbocycles. The number of hydrogen-bond donors (Lipinski definition) is 3. The van der Waals surface area contributed by atoms with Gasteiger partial charge in [-0.3, -0.25) is 0 Å². The van der Waals surface area contributed by atoms with Crippen molar-refractivity contribution in [2.24, 2.45) is 0 Å². The van der Waals surface area contributed by atoms with Crippen molar-refractivity contribution >= 4 is 22.8 Å². The second-order valence-corrected chi connectivity index (χ2v) is 6.45. The summed E-state index contributed by atoms with van der Waals surface area (Å²) in [5.41, 5.74) is 2.73. The number of aromatic nitrogens is 2. The molecule has 1 fully saturated rings. The van der Waals surface area contributed by atoms with E-state index in [-0.39, 0.29) is 6.03 Å². The molecular formula is C18H26N4O. The van der Waals surface area contributed by atoms with Gasteiger partial charge in [-0.15, -0.1) is 0 Å². The number of benzene rings is 1. The van der Waals surface area contributed by atoms with Gasteiger partial charge in [0, 0.05) is 18.2 Å². The lowest BCUT2D eigenvalue weighted by Crippen LogP contribution is -2.38. The molecule has 124 valence electrons. The van der Waals surface area contributed by atoms with Crippen LogP contribution in [-0.2, 0) is 6.42 Å². The van der Waals surface area contributed by atoms with Crippen LogP contribution in [0.15, 0.2) is 18.2 Å². The average molecular weight is 314 g/mol. The van der Waals surface area contributed by atoms with E-state index in [4.69, 9.17) is 0 Å². The summed E-state index contributed by atoms with van der Waals surface area (Å²) in [4.78, 5) is 20.0. The summed E-state index contributed by atoms with van der Waals surface area (Å²) in [6, 6.07) is 6.03. The van der Waals surface area contributed by atoms with Gasteiger partial charge < -0.3 is 15.6 Å². The molecule has 1 aliphatic rings. The van der Waals surface area contributed by atoms with Gasteiger partial charge in [0.05, 0.1) is 11.0 Å². The molecule has 0 saturated heterocycles. The molecule has 0 radical (unpaired) electrons. The van der Waals surface area contributed by atoms with E-state index in [1.54, 1.807) is 0 Å². The number of aryl methyl sites for hydroxylation is 1. The molecule has 0 unspecified atom stereocenters. The van der Waals surface area contributed by atoms with E-state index in [2.05, 4.69) is 27.5 Å². The minimum atomic E-state index is -0.109. The summed E-state index contributed by atoms with van der Waals surface area (Å²) < 4.78 is 0. The molecule has 5 nitrogen and oxygen atoms in total. The number of unbranched alkanes of at least 4 members (excludes halogenated alkanes) is 1. The van der Waals surface area contributed by atoms with Crippen LogP contribution in [0.2, 0.25) is 0 Å². The Hall–Kier alpha value is -2.04. The second-order valence-electron chi connectivity index (χ2n) is 6.45. The highest BCUT2D eigenvalue weighted by Gasteiger charge is 2.15. The first-order chi connectivity index (χ1) is 11.2. The molecule has 1 saturated carbocycles. The number of nitrogens with zero attached hydrogens (tertiary/aromatic N) is 1. The molecule has 0 atom stereocenters. The molecule has 0 spiro atoms. The smallest absolute Gasteiger partial charge is 0.319 e. The van der Waals surface area contributed by atoms with Gasteiger partial charge in [-0.2, -0.15) is 0 Å². The fraction of sp³-hybridized carbons (Fsp3) is 0.556. The fourth-order valence-electron chi connectivity index (χ4n) is 3.20. The van der Waals surface area contributed by atoms with Crippen LogP contribution in [0.4, 0.5) is 10.5 Å². The maximum absolute atomic E-state index is 12.1. The van der Waals surface area contributed by atoms with Crippen LogP contribution in [-0.4, -0.2) is 22.0 Å². The third-order valence-electron chi connectivity index (χ3n) is 4.50. The van der Waals surface area contributed by atoms with Gasteiger partial charge in [-0.05, 0) is 37.5 Å². The zero-order valence-corrected chi connectivity index (χ0v) is 13.8. The van der Waals surface area contributed by atoms with E-state index >= 15 is 0 Å². The van der Waals surface area contributed by atoms with Crippen molar-refractivity contribution in [1.82, 2.24) is 15.3 Å². The van der Waals surface area contributed by atoms with Gasteiger partial charge in [-0.1, -0.05) is 32.6 Å². The molecule has 0 bridgehead atoms. The fourth-order valence-corrected chi connectivity index (χ4v) is 3.20. The standard InChI is InChI=1S/C18H26N4O/c1-2-3-9-17-21-15-11-10-14(12-16(15)22-17)20-18(23)19-13-7-5-4-6-8-13/h10-13H,2-9H2,1H3,(H,21,22)(H2,19,20,23). The number of fused-ring (bicyclic) bond motifs is 1. The van der Waals surface area contributed by atoms with E-state index in [9.17, 15) is 4.79 Å². The van der Waals surface area contributed by atoms with Gasteiger partial charge in [-0.25, -0.2) is 9.78 Å². The summed E-state index contributed by atoms with van der Waals surface area (Å²) in [6.45, 7) is 2.18. The maximum Gasteiger partial charge on any atom is 0.319 e. The highest BCUT2D eigenvalue weighted by atomic mass is 16.2. The van der Waals surface area contributed by atoms with E-state index in [0.29, 0.717) is 6.04 Å². The van der Waals surface area contributed by atoms with Crippen LogP contribution < -0.4 is 10.6 Å². The first kappa shape index (κ1) is 15.8. The summed E-state index contributed by atoms with van der Waals surface area (Å²) >= 11 is 0. The predicted octanol–water partition coefficient (Wildman–Crippen LogP) is 4.36. The molecule has 23 heavy (non-hydrogen) atoms. The zero-order valence-electron chi connectivity index (χ0n) is 13.8. The number of amides is 2. The number of imidazole rings is 1. The largest absolute Gasteiger partial charge is 0.342 e. The minimum absolute atomic E-state index is 0.109. The van der Waals surface area contributed by atoms with Crippen LogP contribution in [0.5, 0.6) is 0 Å². The molecule has 1 heterocycles. The maximum atomic E-state index is 12.1. The molecule has 3 N–H and O–H groups in total. The number of carbonyl (C=O) groups excluding carboxylic acids is 1. The first-order valence-corrected chi connectivity index (χ1v) is 8.81. The zero-order chi connectivity index (χ0) is 16.1. The molecule has 2 amide bonds. The number of hydrogen-bond acceptors (Lipinski definition) is 2. The summed E-state index contributed by atoms with van der Waals surface area (Å²) in [5, 5.41) is 6.01.